The van der Waals surface area contributed by atoms with Gasteiger partial charge in [-0.15, -0.1) is 0 Å². The van der Waals surface area contributed by atoms with Crippen molar-refractivity contribution in [2.45, 2.75) is 13.1 Å². The summed E-state index contributed by atoms with van der Waals surface area (Å²) in [5, 5.41) is 0. The zero-order valence-electron chi connectivity index (χ0n) is 14.7. The van der Waals surface area contributed by atoms with E-state index >= 15 is 0 Å². The number of nitrogens with zero attached hydrogens (tertiary/aromatic N) is 7. The Morgan fingerprint density at radius 3 is 2.52 bits per heavy atom. The van der Waals surface area contributed by atoms with E-state index < -0.39 is 11.9 Å². The van der Waals surface area contributed by atoms with Crippen LogP contribution in [0, 0.1) is 0 Å². The summed E-state index contributed by atoms with van der Waals surface area (Å²) in [4.78, 5) is 20.9. The molecule has 1 saturated heterocycles. The first kappa shape index (κ1) is 17.7. The van der Waals surface area contributed by atoms with E-state index in [0.29, 0.717) is 17.2 Å². The van der Waals surface area contributed by atoms with Crippen LogP contribution in [0.4, 0.5) is 19.0 Å². The molecule has 0 aromatic carbocycles. The molecule has 4 rings (SSSR count). The van der Waals surface area contributed by atoms with Crippen molar-refractivity contribution in [2.75, 3.05) is 37.6 Å². The van der Waals surface area contributed by atoms with E-state index in [0.717, 1.165) is 50.9 Å². The zero-order chi connectivity index (χ0) is 19.0. The molecule has 7 nitrogen and oxygen atoms in total. The molecular weight excluding hydrogens is 359 g/mol. The van der Waals surface area contributed by atoms with Crippen LogP contribution in [-0.4, -0.2) is 62.0 Å². The Hall–Kier alpha value is -2.75. The number of fused-ring (bicyclic) bond motifs is 1. The molecule has 1 fully saturated rings. The van der Waals surface area contributed by atoms with Crippen LogP contribution in [-0.2, 0) is 6.18 Å². The van der Waals surface area contributed by atoms with Gasteiger partial charge in [-0.1, -0.05) is 6.92 Å². The summed E-state index contributed by atoms with van der Waals surface area (Å²) < 4.78 is 40.3. The molecule has 1 aliphatic rings. The third-order valence-electron chi connectivity index (χ3n) is 4.70. The number of likely N-dealkylation sites (N-methyl/N-ethyl adjacent to an activating group) is 1. The average Bonchev–Trinajstić information content (AvgIpc) is 3.11. The largest absolute Gasteiger partial charge is 0.434 e. The second-order valence-corrected chi connectivity index (χ2v) is 6.30. The van der Waals surface area contributed by atoms with E-state index in [4.69, 9.17) is 0 Å². The van der Waals surface area contributed by atoms with Gasteiger partial charge in [0.15, 0.2) is 17.2 Å². The summed E-state index contributed by atoms with van der Waals surface area (Å²) in [5.41, 5.74) is -0.281. The molecule has 0 atom stereocenters. The molecule has 0 N–H and O–H groups in total. The third-order valence-corrected chi connectivity index (χ3v) is 4.70. The molecule has 27 heavy (non-hydrogen) atoms. The summed E-state index contributed by atoms with van der Waals surface area (Å²) >= 11 is 0. The summed E-state index contributed by atoms with van der Waals surface area (Å²) in [5.74, 6) is 1.09. The highest BCUT2D eigenvalue weighted by molar-refractivity contribution is 5.58. The van der Waals surface area contributed by atoms with Crippen molar-refractivity contribution < 1.29 is 13.2 Å². The van der Waals surface area contributed by atoms with Gasteiger partial charge in [0.25, 0.3) is 0 Å². The van der Waals surface area contributed by atoms with Gasteiger partial charge in [-0.2, -0.15) is 13.2 Å². The minimum Gasteiger partial charge on any atom is -0.354 e. The molecule has 0 amide bonds. The van der Waals surface area contributed by atoms with E-state index in [1.165, 1.54) is 10.6 Å². The Morgan fingerprint density at radius 1 is 1.04 bits per heavy atom. The van der Waals surface area contributed by atoms with Crippen molar-refractivity contribution in [3.8, 4) is 11.5 Å². The highest BCUT2D eigenvalue weighted by Gasteiger charge is 2.33. The number of alkyl halides is 3. The lowest BCUT2D eigenvalue weighted by atomic mass is 10.3. The van der Waals surface area contributed by atoms with Gasteiger partial charge in [-0.3, -0.25) is 4.40 Å². The fourth-order valence-electron chi connectivity index (χ4n) is 3.14. The molecule has 0 radical (unpaired) electrons. The van der Waals surface area contributed by atoms with Crippen LogP contribution in [0.5, 0.6) is 0 Å². The van der Waals surface area contributed by atoms with Gasteiger partial charge < -0.3 is 9.80 Å². The number of hydrogen-bond acceptors (Lipinski definition) is 6. The molecule has 3 aromatic rings. The molecule has 142 valence electrons. The lowest BCUT2D eigenvalue weighted by Crippen LogP contribution is -2.46. The summed E-state index contributed by atoms with van der Waals surface area (Å²) in [7, 11) is 0. The second-order valence-electron chi connectivity index (χ2n) is 6.30. The fraction of sp³-hybridized carbons (Fsp3) is 0.412. The van der Waals surface area contributed by atoms with Crippen molar-refractivity contribution in [1.29, 1.82) is 0 Å². The lowest BCUT2D eigenvalue weighted by molar-refractivity contribution is -0.141. The zero-order valence-corrected chi connectivity index (χ0v) is 14.7. The Morgan fingerprint density at radius 2 is 1.81 bits per heavy atom. The number of halogens is 3. The van der Waals surface area contributed by atoms with Gasteiger partial charge in [0.05, 0.1) is 12.4 Å². The molecule has 4 heterocycles. The predicted octanol–water partition coefficient (Wildman–Crippen LogP) is 2.35. The Kier molecular flexibility index (Phi) is 4.42. The first-order valence-corrected chi connectivity index (χ1v) is 8.66. The van der Waals surface area contributed by atoms with Crippen LogP contribution in [0.1, 0.15) is 12.6 Å². The molecule has 10 heteroatoms. The van der Waals surface area contributed by atoms with E-state index in [9.17, 15) is 13.2 Å². The van der Waals surface area contributed by atoms with Crippen molar-refractivity contribution >= 4 is 11.5 Å². The van der Waals surface area contributed by atoms with Crippen molar-refractivity contribution in [3.05, 3.63) is 36.5 Å². The maximum absolute atomic E-state index is 13.0. The van der Waals surface area contributed by atoms with Gasteiger partial charge in [0.2, 0.25) is 0 Å². The van der Waals surface area contributed by atoms with Crippen LogP contribution < -0.4 is 4.90 Å². The maximum atomic E-state index is 13.0. The van der Waals surface area contributed by atoms with Gasteiger partial charge in [0.1, 0.15) is 11.5 Å². The van der Waals surface area contributed by atoms with E-state index in [1.54, 1.807) is 6.20 Å². The summed E-state index contributed by atoms with van der Waals surface area (Å²) in [6.45, 7) is 6.74. The predicted molar refractivity (Wildman–Crippen MR) is 93.3 cm³/mol. The number of rotatable bonds is 3. The number of imidazole rings is 1. The molecule has 0 saturated carbocycles. The van der Waals surface area contributed by atoms with E-state index in [2.05, 4.69) is 36.7 Å². The number of aromatic nitrogens is 5. The molecular formula is C17H18F3N7. The summed E-state index contributed by atoms with van der Waals surface area (Å²) in [6, 6.07) is 1.82. The van der Waals surface area contributed by atoms with Crippen LogP contribution in [0.2, 0.25) is 0 Å². The minimum atomic E-state index is -4.53. The SMILES string of the molecule is CCN1CCN(c2ccnc(-c3cnc4cnc(C(F)(F)F)cn34)n2)CC1. The van der Waals surface area contributed by atoms with Crippen molar-refractivity contribution in [3.63, 3.8) is 0 Å². The monoisotopic (exact) mass is 377 g/mol. The normalized spacial score (nSPS) is 16.2. The first-order valence-electron chi connectivity index (χ1n) is 8.66. The van der Waals surface area contributed by atoms with Crippen molar-refractivity contribution in [2.24, 2.45) is 0 Å². The van der Waals surface area contributed by atoms with Crippen LogP contribution in [0.15, 0.2) is 30.9 Å². The standard InChI is InChI=1S/C17H18F3N7/c1-2-25-5-7-26(8-6-25)14-3-4-21-16(24-14)12-9-23-15-10-22-13(11-27(12)15)17(18,19)20/h3-4,9-11H,2,5-8H2,1H3. The Balaban J connectivity index is 1.68. The lowest BCUT2D eigenvalue weighted by Gasteiger charge is -2.34. The average molecular weight is 377 g/mol. The van der Waals surface area contributed by atoms with Crippen LogP contribution in [0.3, 0.4) is 0 Å². The topological polar surface area (TPSA) is 62.5 Å². The highest BCUT2D eigenvalue weighted by atomic mass is 19.4. The quantitative estimate of drug-likeness (QED) is 0.698. The van der Waals surface area contributed by atoms with Crippen LogP contribution in [0.25, 0.3) is 17.2 Å². The summed E-state index contributed by atoms with van der Waals surface area (Å²) in [6.07, 6.45) is 0.575. The van der Waals surface area contributed by atoms with E-state index in [1.807, 2.05) is 6.07 Å². The fourth-order valence-corrected chi connectivity index (χ4v) is 3.14. The van der Waals surface area contributed by atoms with Crippen molar-refractivity contribution in [1.82, 2.24) is 29.2 Å². The number of piperazine rings is 1. The van der Waals surface area contributed by atoms with Gasteiger partial charge in [0, 0.05) is 38.6 Å². The van der Waals surface area contributed by atoms with Gasteiger partial charge in [-0.25, -0.2) is 19.9 Å². The van der Waals surface area contributed by atoms with E-state index in [-0.39, 0.29) is 0 Å². The van der Waals surface area contributed by atoms with Crippen LogP contribution >= 0.6 is 0 Å². The maximum Gasteiger partial charge on any atom is 0.434 e. The Labute approximate surface area is 153 Å². The van der Waals surface area contributed by atoms with Gasteiger partial charge in [-0.05, 0) is 12.6 Å². The molecule has 3 aromatic heterocycles. The minimum absolute atomic E-state index is 0.309. The molecule has 0 spiro atoms. The molecule has 1 aliphatic heterocycles. The number of anilines is 1. The smallest absolute Gasteiger partial charge is 0.354 e. The molecule has 0 aliphatic carbocycles. The third kappa shape index (κ3) is 3.44. The number of hydrogen-bond donors (Lipinski definition) is 0. The first-order chi connectivity index (χ1) is 13.0. The molecule has 0 bridgehead atoms. The highest BCUT2D eigenvalue weighted by Crippen LogP contribution is 2.28. The second kappa shape index (κ2) is 6.76. The Bertz CT molecular complexity index is 945. The molecule has 0 unspecified atom stereocenters. The van der Waals surface area contributed by atoms with Gasteiger partial charge >= 0.3 is 6.18 Å².